The van der Waals surface area contributed by atoms with Crippen LogP contribution in [0.25, 0.3) is 0 Å². The molecule has 0 heterocycles. The average molecular weight is 374 g/mol. The van der Waals surface area contributed by atoms with Crippen molar-refractivity contribution in [3.8, 4) is 11.5 Å². The van der Waals surface area contributed by atoms with Crippen LogP contribution >= 0.6 is 0 Å². The van der Waals surface area contributed by atoms with E-state index in [0.29, 0.717) is 23.2 Å². The molecule has 2 amide bonds. The summed E-state index contributed by atoms with van der Waals surface area (Å²) >= 11 is 0. The fourth-order valence-electron chi connectivity index (χ4n) is 4.15. The zero-order valence-electron chi connectivity index (χ0n) is 16.3. The second-order valence-corrected chi connectivity index (χ2v) is 7.59. The minimum atomic E-state index is -0.0727. The molecule has 148 valence electrons. The molecule has 0 aliphatic heterocycles. The van der Waals surface area contributed by atoms with E-state index in [1.165, 1.54) is 12.8 Å². The van der Waals surface area contributed by atoms with Gasteiger partial charge in [0.25, 0.3) is 0 Å². The van der Waals surface area contributed by atoms with Gasteiger partial charge in [-0.15, -0.1) is 0 Å². The summed E-state index contributed by atoms with van der Waals surface area (Å²) in [4.78, 5) is 25.1. The van der Waals surface area contributed by atoms with Gasteiger partial charge in [-0.05, 0) is 50.7 Å². The molecule has 1 aromatic carbocycles. The minimum Gasteiger partial charge on any atom is -0.497 e. The Morgan fingerprint density at radius 1 is 0.889 bits per heavy atom. The largest absolute Gasteiger partial charge is 0.497 e. The lowest BCUT2D eigenvalue weighted by atomic mass is 9.81. The summed E-state index contributed by atoms with van der Waals surface area (Å²) in [5, 5.41) is 6.15. The van der Waals surface area contributed by atoms with Crippen LogP contribution in [0.5, 0.6) is 11.5 Å². The van der Waals surface area contributed by atoms with Crippen molar-refractivity contribution >= 4 is 17.5 Å². The van der Waals surface area contributed by atoms with E-state index in [1.54, 1.807) is 32.4 Å². The molecule has 0 bridgehead atoms. The van der Waals surface area contributed by atoms with Crippen LogP contribution in [0.4, 0.5) is 5.69 Å². The Kier molecular flexibility index (Phi) is 6.58. The summed E-state index contributed by atoms with van der Waals surface area (Å²) in [6.07, 6.45) is 7.65. The Bertz CT molecular complexity index is 662. The number of carbonyl (C=O) groups excluding carboxylic acids is 2. The van der Waals surface area contributed by atoms with E-state index in [-0.39, 0.29) is 23.7 Å². The van der Waals surface area contributed by atoms with Crippen LogP contribution in [0.15, 0.2) is 18.2 Å². The molecule has 0 spiro atoms. The van der Waals surface area contributed by atoms with E-state index in [2.05, 4.69) is 10.6 Å². The first-order chi connectivity index (χ1) is 13.1. The van der Waals surface area contributed by atoms with E-state index in [4.69, 9.17) is 9.47 Å². The lowest BCUT2D eigenvalue weighted by Gasteiger charge is -2.28. The van der Waals surface area contributed by atoms with Gasteiger partial charge < -0.3 is 20.1 Å². The zero-order chi connectivity index (χ0) is 19.2. The van der Waals surface area contributed by atoms with Gasteiger partial charge in [0.1, 0.15) is 11.5 Å². The van der Waals surface area contributed by atoms with Gasteiger partial charge in [0.15, 0.2) is 0 Å². The third-order valence-electron chi connectivity index (χ3n) is 5.83. The monoisotopic (exact) mass is 374 g/mol. The molecule has 6 heteroatoms. The predicted molar refractivity (Wildman–Crippen MR) is 104 cm³/mol. The van der Waals surface area contributed by atoms with Crippen LogP contribution in [0.3, 0.4) is 0 Å². The van der Waals surface area contributed by atoms with Crippen molar-refractivity contribution in [2.24, 2.45) is 11.8 Å². The highest BCUT2D eigenvalue weighted by molar-refractivity contribution is 5.94. The number of ether oxygens (including phenoxy) is 2. The number of hydrogen-bond donors (Lipinski definition) is 2. The summed E-state index contributed by atoms with van der Waals surface area (Å²) in [5.41, 5.74) is 0.614. The van der Waals surface area contributed by atoms with Gasteiger partial charge in [-0.2, -0.15) is 0 Å². The lowest BCUT2D eigenvalue weighted by Crippen LogP contribution is -2.39. The number of amides is 2. The van der Waals surface area contributed by atoms with Gasteiger partial charge in [-0.1, -0.05) is 12.8 Å². The molecular weight excluding hydrogens is 344 g/mol. The molecular formula is C21H30N2O4. The van der Waals surface area contributed by atoms with Crippen molar-refractivity contribution in [2.75, 3.05) is 19.5 Å². The second-order valence-electron chi connectivity index (χ2n) is 7.59. The molecule has 2 aliphatic rings. The lowest BCUT2D eigenvalue weighted by molar-refractivity contribution is -0.129. The molecule has 2 fully saturated rings. The molecule has 3 rings (SSSR count). The van der Waals surface area contributed by atoms with E-state index in [9.17, 15) is 9.59 Å². The van der Waals surface area contributed by atoms with Crippen molar-refractivity contribution in [1.29, 1.82) is 0 Å². The van der Waals surface area contributed by atoms with Crippen LogP contribution in [-0.4, -0.2) is 32.1 Å². The highest BCUT2D eigenvalue weighted by atomic mass is 16.5. The summed E-state index contributed by atoms with van der Waals surface area (Å²) in [6.45, 7) is 0. The Balaban J connectivity index is 1.52. The Morgan fingerprint density at radius 2 is 1.52 bits per heavy atom. The molecule has 0 unspecified atom stereocenters. The Labute approximate surface area is 161 Å². The SMILES string of the molecule is COc1ccc(OC)c(NC(=O)C2CCC(C(=O)NC3CCCC3)CC2)c1. The van der Waals surface area contributed by atoms with Crippen LogP contribution in [0, 0.1) is 11.8 Å². The maximum absolute atomic E-state index is 12.7. The quantitative estimate of drug-likeness (QED) is 0.799. The van der Waals surface area contributed by atoms with E-state index in [1.807, 2.05) is 0 Å². The van der Waals surface area contributed by atoms with Crippen molar-refractivity contribution in [1.82, 2.24) is 5.32 Å². The molecule has 0 aromatic heterocycles. The van der Waals surface area contributed by atoms with Gasteiger partial charge in [0.2, 0.25) is 11.8 Å². The first-order valence-electron chi connectivity index (χ1n) is 9.94. The third-order valence-corrected chi connectivity index (χ3v) is 5.83. The fraction of sp³-hybridized carbons (Fsp3) is 0.619. The second kappa shape index (κ2) is 9.11. The van der Waals surface area contributed by atoms with Gasteiger partial charge >= 0.3 is 0 Å². The van der Waals surface area contributed by atoms with Crippen LogP contribution in [-0.2, 0) is 9.59 Å². The highest BCUT2D eigenvalue weighted by Crippen LogP contribution is 2.33. The normalized spacial score (nSPS) is 22.9. The zero-order valence-corrected chi connectivity index (χ0v) is 16.3. The van der Waals surface area contributed by atoms with Crippen molar-refractivity contribution in [3.05, 3.63) is 18.2 Å². The Hall–Kier alpha value is -2.24. The van der Waals surface area contributed by atoms with Crippen LogP contribution < -0.4 is 20.1 Å². The smallest absolute Gasteiger partial charge is 0.227 e. The standard InChI is InChI=1S/C21H30N2O4/c1-26-17-11-12-19(27-2)18(13-17)23-21(25)15-9-7-14(8-10-15)20(24)22-16-5-3-4-6-16/h11-16H,3-10H2,1-2H3,(H,22,24)(H,23,25). The van der Waals surface area contributed by atoms with Crippen molar-refractivity contribution < 1.29 is 19.1 Å². The fourth-order valence-corrected chi connectivity index (χ4v) is 4.15. The van der Waals surface area contributed by atoms with E-state index in [0.717, 1.165) is 38.5 Å². The molecule has 0 atom stereocenters. The number of benzene rings is 1. The minimum absolute atomic E-state index is 0.0174. The molecule has 0 radical (unpaired) electrons. The van der Waals surface area contributed by atoms with Crippen molar-refractivity contribution in [2.45, 2.75) is 57.4 Å². The van der Waals surface area contributed by atoms with E-state index >= 15 is 0 Å². The topological polar surface area (TPSA) is 76.7 Å². The molecule has 27 heavy (non-hydrogen) atoms. The average Bonchev–Trinajstić information content (AvgIpc) is 3.21. The maximum atomic E-state index is 12.7. The van der Waals surface area contributed by atoms with Crippen molar-refractivity contribution in [3.63, 3.8) is 0 Å². The number of hydrogen-bond acceptors (Lipinski definition) is 4. The molecule has 2 saturated carbocycles. The summed E-state index contributed by atoms with van der Waals surface area (Å²) < 4.78 is 10.5. The molecule has 1 aromatic rings. The van der Waals surface area contributed by atoms with Crippen LogP contribution in [0.1, 0.15) is 51.4 Å². The Morgan fingerprint density at radius 3 is 2.11 bits per heavy atom. The maximum Gasteiger partial charge on any atom is 0.227 e. The molecule has 2 N–H and O–H groups in total. The first-order valence-corrected chi connectivity index (χ1v) is 9.94. The highest BCUT2D eigenvalue weighted by Gasteiger charge is 2.31. The number of anilines is 1. The van der Waals surface area contributed by atoms with Gasteiger partial charge in [-0.3, -0.25) is 9.59 Å². The van der Waals surface area contributed by atoms with Gasteiger partial charge in [-0.25, -0.2) is 0 Å². The summed E-state index contributed by atoms with van der Waals surface area (Å²) in [5.74, 6) is 1.40. The van der Waals surface area contributed by atoms with E-state index < -0.39 is 0 Å². The summed E-state index contributed by atoms with van der Waals surface area (Å²) in [6, 6.07) is 5.69. The third kappa shape index (κ3) is 4.93. The van der Waals surface area contributed by atoms with Gasteiger partial charge in [0, 0.05) is 23.9 Å². The van der Waals surface area contributed by atoms with Crippen LogP contribution in [0.2, 0.25) is 0 Å². The first kappa shape index (κ1) is 19.5. The summed E-state index contributed by atoms with van der Waals surface area (Å²) in [7, 11) is 3.16. The number of nitrogens with one attached hydrogen (secondary N) is 2. The molecule has 2 aliphatic carbocycles. The number of methoxy groups -OCH3 is 2. The predicted octanol–water partition coefficient (Wildman–Crippen LogP) is 3.51. The molecule has 0 saturated heterocycles. The number of carbonyl (C=O) groups is 2. The molecule has 6 nitrogen and oxygen atoms in total. The number of rotatable bonds is 6. The van der Waals surface area contributed by atoms with Gasteiger partial charge in [0.05, 0.1) is 19.9 Å².